The van der Waals surface area contributed by atoms with E-state index in [1.165, 1.54) is 12.1 Å². The van der Waals surface area contributed by atoms with Crippen LogP contribution in [0.15, 0.2) is 65.7 Å². The predicted molar refractivity (Wildman–Crippen MR) is 157 cm³/mol. The molecule has 0 unspecified atom stereocenters. The summed E-state index contributed by atoms with van der Waals surface area (Å²) in [5, 5.41) is 9.34. The van der Waals surface area contributed by atoms with E-state index in [9.17, 15) is 14.3 Å². The van der Waals surface area contributed by atoms with Crippen LogP contribution < -0.4 is 4.74 Å². The van der Waals surface area contributed by atoms with Crippen LogP contribution in [-0.2, 0) is 4.79 Å². The molecule has 1 amide bonds. The van der Waals surface area contributed by atoms with Crippen LogP contribution in [0.25, 0.3) is 11.8 Å². The molecule has 2 aliphatic heterocycles. The summed E-state index contributed by atoms with van der Waals surface area (Å²) in [7, 11) is 1.60. The number of fused-ring (bicyclic) bond motifs is 1. The number of hydrogen-bond donors (Lipinski definition) is 1. The first kappa shape index (κ1) is 30.6. The lowest BCUT2D eigenvalue weighted by atomic mass is 9.99. The van der Waals surface area contributed by atoms with Gasteiger partial charge < -0.3 is 19.3 Å². The molecule has 214 valence electrons. The zero-order chi connectivity index (χ0) is 29.2. The van der Waals surface area contributed by atoms with Crippen molar-refractivity contribution in [2.75, 3.05) is 26.8 Å². The number of guanidine groups is 1. The van der Waals surface area contributed by atoms with E-state index in [4.69, 9.17) is 9.73 Å². The van der Waals surface area contributed by atoms with Crippen molar-refractivity contribution in [2.45, 2.75) is 53.5 Å². The van der Waals surface area contributed by atoms with Gasteiger partial charge in [0, 0.05) is 25.9 Å². The Morgan fingerprint density at radius 2 is 1.85 bits per heavy atom. The van der Waals surface area contributed by atoms with E-state index in [1.807, 2.05) is 68.5 Å². The average Bonchev–Trinajstić information content (AvgIpc) is 3.57. The summed E-state index contributed by atoms with van der Waals surface area (Å²) in [6.07, 6.45) is 6.66. The van der Waals surface area contributed by atoms with Gasteiger partial charge >= 0.3 is 0 Å². The summed E-state index contributed by atoms with van der Waals surface area (Å²) < 4.78 is 21.0. The second kappa shape index (κ2) is 14.4. The van der Waals surface area contributed by atoms with Crippen LogP contribution in [0.2, 0.25) is 0 Å². The zero-order valence-corrected chi connectivity index (χ0v) is 24.3. The number of ether oxygens (including phenoxy) is 1. The third kappa shape index (κ3) is 6.59. The van der Waals surface area contributed by atoms with Crippen molar-refractivity contribution < 1.29 is 19.0 Å². The number of carbonyl (C=O) groups excluding carboxylic acids is 1. The number of aliphatic hydroxyl groups is 1. The van der Waals surface area contributed by atoms with Crippen molar-refractivity contribution in [3.05, 3.63) is 83.3 Å². The van der Waals surface area contributed by atoms with Crippen molar-refractivity contribution in [1.29, 1.82) is 0 Å². The number of amides is 1. The van der Waals surface area contributed by atoms with Crippen LogP contribution in [0.3, 0.4) is 0 Å². The Labute approximate surface area is 236 Å². The van der Waals surface area contributed by atoms with Gasteiger partial charge in [0.25, 0.3) is 5.91 Å². The lowest BCUT2D eigenvalue weighted by Crippen LogP contribution is -2.51. The number of aromatic nitrogens is 2. The number of aryl methyl sites for hydroxylation is 1. The Kier molecular flexibility index (Phi) is 11.0. The van der Waals surface area contributed by atoms with Gasteiger partial charge in [-0.1, -0.05) is 45.9 Å². The van der Waals surface area contributed by atoms with Gasteiger partial charge in [-0.3, -0.25) is 9.69 Å². The number of benzene rings is 2. The molecule has 1 saturated heterocycles. The van der Waals surface area contributed by atoms with Gasteiger partial charge in [-0.05, 0) is 61.2 Å². The van der Waals surface area contributed by atoms with Gasteiger partial charge in [-0.25, -0.2) is 14.4 Å². The van der Waals surface area contributed by atoms with Gasteiger partial charge in [0.05, 0.1) is 30.9 Å². The van der Waals surface area contributed by atoms with E-state index in [1.54, 1.807) is 36.5 Å². The fourth-order valence-electron chi connectivity index (χ4n) is 4.71. The second-order valence-electron chi connectivity index (χ2n) is 8.89. The molecule has 1 aromatic heterocycles. The maximum Gasteiger partial charge on any atom is 0.279 e. The van der Waals surface area contributed by atoms with Gasteiger partial charge in [-0.2, -0.15) is 0 Å². The molecule has 1 fully saturated rings. The highest BCUT2D eigenvalue weighted by atomic mass is 19.1. The molecule has 40 heavy (non-hydrogen) atoms. The largest absolute Gasteiger partial charge is 0.495 e. The molecule has 1 N–H and O–H groups in total. The Morgan fingerprint density at radius 3 is 2.48 bits per heavy atom. The van der Waals surface area contributed by atoms with E-state index >= 15 is 0 Å². The highest BCUT2D eigenvalue weighted by molar-refractivity contribution is 6.14. The van der Waals surface area contributed by atoms with Crippen LogP contribution >= 0.6 is 0 Å². The fraction of sp³-hybridized carbons (Fsp3) is 0.387. The standard InChI is InChI=1S/C27H28FN5O3.2C2H6/c1-18-16-32(17-29-18)24-9-4-19(15-25(24)36-2)14-22-26(35)33-23(20-5-7-21(28)8-6-20)10-12-31(11-3-13-34)27(33)30-22;2*1-2/h4-9,14-17,23,34H,3,10-13H2,1-2H3;2*1-2H3/b22-14-;;/t23-;;/m1../s1. The highest BCUT2D eigenvalue weighted by Crippen LogP contribution is 2.36. The Balaban J connectivity index is 0.00000106. The lowest BCUT2D eigenvalue weighted by Gasteiger charge is -2.40. The molecule has 3 aromatic rings. The van der Waals surface area contributed by atoms with E-state index in [0.717, 1.165) is 22.5 Å². The van der Waals surface area contributed by atoms with Crippen LogP contribution in [0, 0.1) is 12.7 Å². The van der Waals surface area contributed by atoms with E-state index in [-0.39, 0.29) is 24.4 Å². The van der Waals surface area contributed by atoms with Gasteiger partial charge in [0.2, 0.25) is 5.96 Å². The van der Waals surface area contributed by atoms with E-state index < -0.39 is 0 Å². The maximum atomic E-state index is 13.6. The SMILES string of the molecule is CC.CC.COc1cc(/C=C2\N=C3N(CCCO)CC[C@H](c4ccc(F)cc4)N3C2=O)ccc1-n1cnc(C)c1. The first-order valence-corrected chi connectivity index (χ1v) is 13.9. The van der Waals surface area contributed by atoms with Crippen LogP contribution in [0.5, 0.6) is 5.75 Å². The van der Waals surface area contributed by atoms with Crippen molar-refractivity contribution in [3.8, 4) is 11.4 Å². The van der Waals surface area contributed by atoms with E-state index in [0.29, 0.717) is 43.3 Å². The predicted octanol–water partition coefficient (Wildman–Crippen LogP) is 5.75. The Morgan fingerprint density at radius 1 is 1.12 bits per heavy atom. The lowest BCUT2D eigenvalue weighted by molar-refractivity contribution is -0.125. The van der Waals surface area contributed by atoms with Gasteiger partial charge in [-0.15, -0.1) is 0 Å². The van der Waals surface area contributed by atoms with Crippen LogP contribution in [-0.4, -0.2) is 63.1 Å². The number of aliphatic hydroxyl groups excluding tert-OH is 1. The number of imidazole rings is 1. The van der Waals surface area contributed by atoms with Gasteiger partial charge in [0.15, 0.2) is 0 Å². The summed E-state index contributed by atoms with van der Waals surface area (Å²) in [6.45, 7) is 11.3. The zero-order valence-electron chi connectivity index (χ0n) is 24.3. The summed E-state index contributed by atoms with van der Waals surface area (Å²) in [6, 6.07) is 11.7. The topological polar surface area (TPSA) is 83.2 Å². The van der Waals surface area contributed by atoms with Crippen molar-refractivity contribution in [2.24, 2.45) is 4.99 Å². The minimum atomic E-state index is -0.315. The van der Waals surface area contributed by atoms with E-state index in [2.05, 4.69) is 4.98 Å². The summed E-state index contributed by atoms with van der Waals surface area (Å²) in [4.78, 5) is 26.3. The molecule has 0 saturated carbocycles. The average molecular weight is 550 g/mol. The Bertz CT molecular complexity index is 1330. The minimum Gasteiger partial charge on any atom is -0.495 e. The molecule has 8 nitrogen and oxygen atoms in total. The number of methoxy groups -OCH3 is 1. The molecule has 2 aromatic carbocycles. The smallest absolute Gasteiger partial charge is 0.279 e. The molecule has 9 heteroatoms. The molecule has 2 aliphatic rings. The third-order valence-corrected chi connectivity index (χ3v) is 6.48. The molecule has 5 rings (SSSR count). The number of aliphatic imine (C=N–C) groups is 1. The molecule has 3 heterocycles. The summed E-state index contributed by atoms with van der Waals surface area (Å²) >= 11 is 0. The number of halogens is 1. The van der Waals surface area contributed by atoms with Crippen LogP contribution in [0.4, 0.5) is 4.39 Å². The number of hydrogen-bond acceptors (Lipinski definition) is 6. The second-order valence-corrected chi connectivity index (χ2v) is 8.89. The molecule has 0 bridgehead atoms. The molecular formula is C31H40FN5O3. The van der Waals surface area contributed by atoms with Gasteiger partial charge in [0.1, 0.15) is 17.3 Å². The molecule has 0 radical (unpaired) electrons. The van der Waals surface area contributed by atoms with Crippen molar-refractivity contribution in [1.82, 2.24) is 19.4 Å². The monoisotopic (exact) mass is 549 g/mol. The number of carbonyl (C=O) groups is 1. The quantitative estimate of drug-likeness (QED) is 0.380. The highest BCUT2D eigenvalue weighted by Gasteiger charge is 2.42. The molecular weight excluding hydrogens is 509 g/mol. The van der Waals surface area contributed by atoms with Crippen molar-refractivity contribution >= 4 is 17.9 Å². The number of rotatable bonds is 7. The maximum absolute atomic E-state index is 13.6. The summed E-state index contributed by atoms with van der Waals surface area (Å²) in [5.74, 6) is 0.690. The Hall–Kier alpha value is -3.98. The molecule has 0 spiro atoms. The normalized spacial score (nSPS) is 17.0. The third-order valence-electron chi connectivity index (χ3n) is 6.48. The van der Waals surface area contributed by atoms with Crippen LogP contribution in [0.1, 0.15) is 63.4 Å². The minimum absolute atomic E-state index is 0.0599. The summed E-state index contributed by atoms with van der Waals surface area (Å²) in [5.41, 5.74) is 3.70. The fourth-order valence-corrected chi connectivity index (χ4v) is 4.71. The van der Waals surface area contributed by atoms with Crippen molar-refractivity contribution in [3.63, 3.8) is 0 Å². The number of nitrogens with zero attached hydrogens (tertiary/aromatic N) is 5. The first-order chi connectivity index (χ1) is 19.5. The molecule has 0 aliphatic carbocycles. The first-order valence-electron chi connectivity index (χ1n) is 13.9. The molecule has 1 atom stereocenters.